The number of carbonyl (C=O) groups is 1. The predicted molar refractivity (Wildman–Crippen MR) is 132 cm³/mol. The minimum absolute atomic E-state index is 0. The van der Waals surface area contributed by atoms with Crippen LogP contribution < -0.4 is 16.0 Å². The molecule has 0 spiro atoms. The minimum Gasteiger partial charge on any atom is -0.357 e. The molecular formula is C21H35IN4O2S. The van der Waals surface area contributed by atoms with E-state index >= 15 is 0 Å². The molecule has 6 nitrogen and oxygen atoms in total. The van der Waals surface area contributed by atoms with Gasteiger partial charge in [-0.3, -0.25) is 9.00 Å². The highest BCUT2D eigenvalue weighted by Gasteiger charge is 2.26. The molecule has 1 aliphatic carbocycles. The number of halogens is 1. The van der Waals surface area contributed by atoms with Crippen LogP contribution in [0.5, 0.6) is 0 Å². The highest BCUT2D eigenvalue weighted by Crippen LogP contribution is 2.22. The Labute approximate surface area is 194 Å². The summed E-state index contributed by atoms with van der Waals surface area (Å²) in [6.45, 7) is 5.43. The molecule has 29 heavy (non-hydrogen) atoms. The average molecular weight is 535 g/mol. The molecule has 2 rings (SSSR count). The molecule has 164 valence electrons. The van der Waals surface area contributed by atoms with Crippen LogP contribution in [0.15, 0.2) is 35.3 Å². The number of hydrogen-bond donors (Lipinski definition) is 3. The summed E-state index contributed by atoms with van der Waals surface area (Å²) in [6, 6.07) is 10.4. The molecule has 0 bridgehead atoms. The third-order valence-electron chi connectivity index (χ3n) is 4.93. The molecule has 0 saturated heterocycles. The molecule has 1 aromatic carbocycles. The Hall–Kier alpha value is -1.16. The summed E-state index contributed by atoms with van der Waals surface area (Å²) >= 11 is 0. The number of nitrogens with zero attached hydrogens (tertiary/aromatic N) is 1. The van der Waals surface area contributed by atoms with E-state index in [0.717, 1.165) is 38.6 Å². The van der Waals surface area contributed by atoms with Crippen molar-refractivity contribution < 1.29 is 9.00 Å². The van der Waals surface area contributed by atoms with Gasteiger partial charge in [0.25, 0.3) is 0 Å². The van der Waals surface area contributed by atoms with Gasteiger partial charge >= 0.3 is 0 Å². The van der Waals surface area contributed by atoms with E-state index in [-0.39, 0.29) is 47.7 Å². The zero-order valence-electron chi connectivity index (χ0n) is 17.5. The molecule has 1 amide bonds. The Morgan fingerprint density at radius 2 is 1.93 bits per heavy atom. The smallest absolute Gasteiger partial charge is 0.241 e. The largest absolute Gasteiger partial charge is 0.357 e. The maximum atomic E-state index is 12.1. The molecule has 1 fully saturated rings. The molecule has 3 unspecified atom stereocenters. The van der Waals surface area contributed by atoms with E-state index in [4.69, 9.17) is 0 Å². The lowest BCUT2D eigenvalue weighted by atomic mass is 9.95. The van der Waals surface area contributed by atoms with Crippen LogP contribution in [0.2, 0.25) is 0 Å². The summed E-state index contributed by atoms with van der Waals surface area (Å²) in [4.78, 5) is 16.5. The second-order valence-electron chi connectivity index (χ2n) is 7.08. The van der Waals surface area contributed by atoms with Gasteiger partial charge < -0.3 is 16.0 Å². The van der Waals surface area contributed by atoms with Crippen molar-refractivity contribution in [1.29, 1.82) is 0 Å². The topological polar surface area (TPSA) is 82.6 Å². The molecule has 1 saturated carbocycles. The second-order valence-corrected chi connectivity index (χ2v) is 9.09. The number of hydrogen-bond acceptors (Lipinski definition) is 3. The van der Waals surface area contributed by atoms with E-state index in [9.17, 15) is 9.00 Å². The zero-order valence-corrected chi connectivity index (χ0v) is 20.6. The minimum atomic E-state index is -0.748. The lowest BCUT2D eigenvalue weighted by Gasteiger charge is -2.30. The van der Waals surface area contributed by atoms with Crippen LogP contribution in [-0.2, 0) is 22.0 Å². The third kappa shape index (κ3) is 9.93. The lowest BCUT2D eigenvalue weighted by Crippen LogP contribution is -2.47. The van der Waals surface area contributed by atoms with Gasteiger partial charge in [0, 0.05) is 40.9 Å². The number of aliphatic imine (C=N–C) groups is 1. The first kappa shape index (κ1) is 25.9. The number of guanidine groups is 1. The molecule has 1 aromatic rings. The van der Waals surface area contributed by atoms with Gasteiger partial charge in [-0.05, 0) is 38.2 Å². The van der Waals surface area contributed by atoms with E-state index < -0.39 is 10.8 Å². The van der Waals surface area contributed by atoms with E-state index in [1.807, 2.05) is 32.0 Å². The normalized spacial score (nSPS) is 20.3. The van der Waals surface area contributed by atoms with E-state index in [0.29, 0.717) is 18.3 Å². The van der Waals surface area contributed by atoms with Gasteiger partial charge in [-0.1, -0.05) is 43.7 Å². The van der Waals surface area contributed by atoms with Crippen molar-refractivity contribution in [3.63, 3.8) is 0 Å². The predicted octanol–water partition coefficient (Wildman–Crippen LogP) is 2.60. The van der Waals surface area contributed by atoms with Gasteiger partial charge in [0.1, 0.15) is 6.54 Å². The fourth-order valence-corrected chi connectivity index (χ4v) is 4.81. The van der Waals surface area contributed by atoms with Crippen molar-refractivity contribution in [2.24, 2.45) is 4.99 Å². The first-order valence-electron chi connectivity index (χ1n) is 10.3. The number of amides is 1. The van der Waals surface area contributed by atoms with E-state index in [1.165, 1.54) is 5.56 Å². The monoisotopic (exact) mass is 534 g/mol. The Balaban J connectivity index is 0.00000420. The molecule has 0 heterocycles. The Morgan fingerprint density at radius 3 is 2.62 bits per heavy atom. The summed E-state index contributed by atoms with van der Waals surface area (Å²) in [6.07, 6.45) is 4.87. The van der Waals surface area contributed by atoms with Gasteiger partial charge in [-0.25, -0.2) is 4.99 Å². The van der Waals surface area contributed by atoms with Crippen LogP contribution in [0.3, 0.4) is 0 Å². The molecular weight excluding hydrogens is 499 g/mol. The SMILES string of the molecule is CCNC(=NCC(=O)NCCc1ccccc1)NC1CCCC(S(=O)CC)C1.I. The molecule has 3 N–H and O–H groups in total. The van der Waals surface area contributed by atoms with E-state index in [1.54, 1.807) is 0 Å². The number of nitrogens with one attached hydrogen (secondary N) is 3. The standard InChI is InChI=1S/C21H34N4O2S.HI/c1-3-22-21(25-18-11-8-12-19(15-18)28(27)4-2)24-16-20(26)23-14-13-17-9-6-5-7-10-17;/h5-7,9-10,18-19H,3-4,8,11-16H2,1-2H3,(H,23,26)(H2,22,24,25);1H. The quantitative estimate of drug-likeness (QED) is 0.259. The van der Waals surface area contributed by atoms with Gasteiger partial charge in [0.15, 0.2) is 5.96 Å². The van der Waals surface area contributed by atoms with Gasteiger partial charge in [-0.2, -0.15) is 0 Å². The van der Waals surface area contributed by atoms with Crippen LogP contribution in [-0.4, -0.2) is 52.8 Å². The molecule has 0 aromatic heterocycles. The molecule has 1 aliphatic rings. The number of rotatable bonds is 9. The summed E-state index contributed by atoms with van der Waals surface area (Å²) in [5.41, 5.74) is 1.21. The van der Waals surface area contributed by atoms with Gasteiger partial charge in [-0.15, -0.1) is 24.0 Å². The first-order valence-corrected chi connectivity index (χ1v) is 11.7. The van der Waals surface area contributed by atoms with Crippen molar-refractivity contribution >= 4 is 46.6 Å². The van der Waals surface area contributed by atoms with Crippen molar-refractivity contribution in [3.8, 4) is 0 Å². The number of benzene rings is 1. The van der Waals surface area contributed by atoms with E-state index in [2.05, 4.69) is 33.1 Å². The van der Waals surface area contributed by atoms with Crippen molar-refractivity contribution in [1.82, 2.24) is 16.0 Å². The van der Waals surface area contributed by atoms with Crippen LogP contribution >= 0.6 is 24.0 Å². The molecule has 0 radical (unpaired) electrons. The Bertz CT molecular complexity index is 657. The van der Waals surface area contributed by atoms with Crippen LogP contribution in [0.25, 0.3) is 0 Å². The average Bonchev–Trinajstić information content (AvgIpc) is 2.72. The fourth-order valence-electron chi connectivity index (χ4n) is 3.46. The summed E-state index contributed by atoms with van der Waals surface area (Å²) in [5, 5.41) is 9.82. The number of carbonyl (C=O) groups excluding carboxylic acids is 1. The lowest BCUT2D eigenvalue weighted by molar-refractivity contribution is -0.119. The van der Waals surface area contributed by atoms with Crippen molar-refractivity contribution in [3.05, 3.63) is 35.9 Å². The van der Waals surface area contributed by atoms with Crippen molar-refractivity contribution in [2.45, 2.75) is 57.2 Å². The Morgan fingerprint density at radius 1 is 1.17 bits per heavy atom. The summed E-state index contributed by atoms with van der Waals surface area (Å²) in [5.74, 6) is 1.30. The third-order valence-corrected chi connectivity index (χ3v) is 6.67. The highest BCUT2D eigenvalue weighted by molar-refractivity contribution is 14.0. The Kier molecular flexibility index (Phi) is 13.2. The van der Waals surface area contributed by atoms with Crippen molar-refractivity contribution in [2.75, 3.05) is 25.4 Å². The zero-order chi connectivity index (χ0) is 20.2. The van der Waals surface area contributed by atoms with Crippen LogP contribution in [0, 0.1) is 0 Å². The first-order chi connectivity index (χ1) is 13.6. The summed E-state index contributed by atoms with van der Waals surface area (Å²) < 4.78 is 12.1. The highest BCUT2D eigenvalue weighted by atomic mass is 127. The molecule has 3 atom stereocenters. The van der Waals surface area contributed by atoms with Gasteiger partial charge in [0.2, 0.25) is 5.91 Å². The molecule has 8 heteroatoms. The fraction of sp³-hybridized carbons (Fsp3) is 0.619. The van der Waals surface area contributed by atoms with Crippen LogP contribution in [0.1, 0.15) is 45.1 Å². The molecule has 0 aliphatic heterocycles. The summed E-state index contributed by atoms with van der Waals surface area (Å²) in [7, 11) is -0.748. The maximum absolute atomic E-state index is 12.1. The van der Waals surface area contributed by atoms with Crippen LogP contribution in [0.4, 0.5) is 0 Å². The maximum Gasteiger partial charge on any atom is 0.241 e. The second kappa shape index (κ2) is 14.8. The van der Waals surface area contributed by atoms with Gasteiger partial charge in [0.05, 0.1) is 0 Å².